The van der Waals surface area contributed by atoms with Crippen molar-refractivity contribution in [2.24, 2.45) is 0 Å². The second kappa shape index (κ2) is 3.29. The Morgan fingerprint density at radius 3 is 2.79 bits per heavy atom. The van der Waals surface area contributed by atoms with Crippen molar-refractivity contribution in [1.29, 1.82) is 0 Å². The molecule has 0 atom stereocenters. The average molecular weight is 188 g/mol. The molecule has 0 saturated heterocycles. The highest BCUT2D eigenvalue weighted by Gasteiger charge is 2.05. The lowest BCUT2D eigenvalue weighted by atomic mass is 10.1. The van der Waals surface area contributed by atoms with Crippen LogP contribution in [0.15, 0.2) is 28.7 Å². The van der Waals surface area contributed by atoms with Crippen molar-refractivity contribution in [1.82, 2.24) is 0 Å². The first-order chi connectivity index (χ1) is 6.70. The predicted octanol–water partition coefficient (Wildman–Crippen LogP) is 3.20. The van der Waals surface area contributed by atoms with E-state index < -0.39 is 0 Å². The number of aryl methyl sites for hydroxylation is 1. The number of hydrogen-bond acceptors (Lipinski definition) is 2. The van der Waals surface area contributed by atoms with Gasteiger partial charge in [0.05, 0.1) is 0 Å². The Morgan fingerprint density at radius 1 is 1.36 bits per heavy atom. The van der Waals surface area contributed by atoms with E-state index in [0.29, 0.717) is 5.56 Å². The van der Waals surface area contributed by atoms with Crippen LogP contribution in [0.25, 0.3) is 11.0 Å². The number of furan rings is 1. The van der Waals surface area contributed by atoms with Gasteiger partial charge >= 0.3 is 0 Å². The smallest absolute Gasteiger partial charge is 0.159 e. The van der Waals surface area contributed by atoms with Gasteiger partial charge in [0.1, 0.15) is 11.3 Å². The summed E-state index contributed by atoms with van der Waals surface area (Å²) >= 11 is 0. The number of ketones is 1. The topological polar surface area (TPSA) is 30.2 Å². The number of Topliss-reactive ketones (excluding diaryl/α,β-unsaturated/α-hetero) is 1. The van der Waals surface area contributed by atoms with Crippen molar-refractivity contribution in [2.45, 2.75) is 20.3 Å². The maximum Gasteiger partial charge on any atom is 0.159 e. The van der Waals surface area contributed by atoms with Crippen LogP contribution in [0.5, 0.6) is 0 Å². The summed E-state index contributed by atoms with van der Waals surface area (Å²) in [7, 11) is 0. The summed E-state index contributed by atoms with van der Waals surface area (Å²) in [5.74, 6) is 1.03. The van der Waals surface area contributed by atoms with Crippen molar-refractivity contribution in [2.75, 3.05) is 0 Å². The molecule has 1 aromatic heterocycles. The molecular weight excluding hydrogens is 176 g/mol. The Hall–Kier alpha value is -1.57. The normalized spacial score (nSPS) is 10.7. The minimum Gasteiger partial charge on any atom is -0.461 e. The average Bonchev–Trinajstić information content (AvgIpc) is 2.58. The van der Waals surface area contributed by atoms with Gasteiger partial charge in [0.25, 0.3) is 0 Å². The summed E-state index contributed by atoms with van der Waals surface area (Å²) in [4.78, 5) is 11.1. The zero-order chi connectivity index (χ0) is 10.1. The lowest BCUT2D eigenvalue weighted by molar-refractivity contribution is 0.101. The summed E-state index contributed by atoms with van der Waals surface area (Å²) in [6.07, 6.45) is 0.879. The fourth-order valence-corrected chi connectivity index (χ4v) is 1.48. The Bertz CT molecular complexity index is 480. The van der Waals surface area contributed by atoms with Gasteiger partial charge in [-0.3, -0.25) is 4.79 Å². The molecule has 1 aromatic carbocycles. The molecule has 14 heavy (non-hydrogen) atoms. The largest absolute Gasteiger partial charge is 0.461 e. The van der Waals surface area contributed by atoms with Crippen molar-refractivity contribution in [3.63, 3.8) is 0 Å². The number of fused-ring (bicyclic) bond motifs is 1. The predicted molar refractivity (Wildman–Crippen MR) is 55.6 cm³/mol. The minimum atomic E-state index is 0.0707. The molecule has 72 valence electrons. The van der Waals surface area contributed by atoms with Crippen LogP contribution >= 0.6 is 0 Å². The molecule has 0 aliphatic heterocycles. The third-order valence-electron chi connectivity index (χ3n) is 2.33. The van der Waals surface area contributed by atoms with Crippen LogP contribution in [0.2, 0.25) is 0 Å². The summed E-state index contributed by atoms with van der Waals surface area (Å²) in [6, 6.07) is 7.57. The van der Waals surface area contributed by atoms with Crippen LogP contribution in [0.1, 0.15) is 30.0 Å². The van der Waals surface area contributed by atoms with Crippen LogP contribution in [0.4, 0.5) is 0 Å². The molecule has 0 radical (unpaired) electrons. The first kappa shape index (κ1) is 9.00. The fourth-order valence-electron chi connectivity index (χ4n) is 1.48. The molecule has 2 heteroatoms. The van der Waals surface area contributed by atoms with E-state index in [9.17, 15) is 4.79 Å². The van der Waals surface area contributed by atoms with E-state index in [1.54, 1.807) is 13.0 Å². The molecule has 0 spiro atoms. The van der Waals surface area contributed by atoms with Crippen LogP contribution in [0, 0.1) is 0 Å². The summed E-state index contributed by atoms with van der Waals surface area (Å²) in [5, 5.41) is 1.06. The number of benzene rings is 1. The summed E-state index contributed by atoms with van der Waals surface area (Å²) in [5.41, 5.74) is 1.50. The molecule has 0 aliphatic rings. The van der Waals surface area contributed by atoms with Gasteiger partial charge in [-0.1, -0.05) is 19.1 Å². The molecule has 0 N–H and O–H groups in total. The van der Waals surface area contributed by atoms with E-state index in [1.165, 1.54) is 0 Å². The van der Waals surface area contributed by atoms with Gasteiger partial charge in [0.2, 0.25) is 0 Å². The first-order valence-corrected chi connectivity index (χ1v) is 4.74. The standard InChI is InChI=1S/C12H12O2/c1-3-11-6-10-5-4-9(8(2)13)7-12(10)14-11/h4-7H,3H2,1-2H3. The van der Waals surface area contributed by atoms with Crippen LogP contribution in [-0.4, -0.2) is 5.78 Å². The van der Waals surface area contributed by atoms with Gasteiger partial charge in [-0.15, -0.1) is 0 Å². The first-order valence-electron chi connectivity index (χ1n) is 4.74. The fraction of sp³-hybridized carbons (Fsp3) is 0.250. The van der Waals surface area contributed by atoms with Gasteiger partial charge in [-0.05, 0) is 19.1 Å². The van der Waals surface area contributed by atoms with E-state index >= 15 is 0 Å². The number of hydrogen-bond donors (Lipinski definition) is 0. The maximum absolute atomic E-state index is 11.1. The molecule has 2 rings (SSSR count). The highest BCUT2D eigenvalue weighted by atomic mass is 16.3. The van der Waals surface area contributed by atoms with E-state index in [0.717, 1.165) is 23.2 Å². The van der Waals surface area contributed by atoms with Gasteiger partial charge in [0.15, 0.2) is 5.78 Å². The second-order valence-electron chi connectivity index (χ2n) is 3.38. The van der Waals surface area contributed by atoms with Crippen molar-refractivity contribution < 1.29 is 9.21 Å². The zero-order valence-corrected chi connectivity index (χ0v) is 8.33. The molecule has 0 saturated carbocycles. The third-order valence-corrected chi connectivity index (χ3v) is 2.33. The van der Waals surface area contributed by atoms with E-state index in [-0.39, 0.29) is 5.78 Å². The van der Waals surface area contributed by atoms with Crippen LogP contribution in [-0.2, 0) is 6.42 Å². The molecule has 0 amide bonds. The third kappa shape index (κ3) is 1.43. The number of rotatable bonds is 2. The van der Waals surface area contributed by atoms with Gasteiger partial charge in [0, 0.05) is 17.4 Å². The molecule has 0 unspecified atom stereocenters. The lowest BCUT2D eigenvalue weighted by Crippen LogP contribution is -1.89. The van der Waals surface area contributed by atoms with E-state index in [4.69, 9.17) is 4.42 Å². The maximum atomic E-state index is 11.1. The molecule has 2 nitrogen and oxygen atoms in total. The van der Waals surface area contributed by atoms with Gasteiger partial charge in [-0.2, -0.15) is 0 Å². The van der Waals surface area contributed by atoms with Crippen LogP contribution < -0.4 is 0 Å². The van der Waals surface area contributed by atoms with Gasteiger partial charge in [-0.25, -0.2) is 0 Å². The SMILES string of the molecule is CCc1cc2ccc(C(C)=O)cc2o1. The zero-order valence-electron chi connectivity index (χ0n) is 8.33. The molecule has 0 fully saturated rings. The van der Waals surface area contributed by atoms with Crippen molar-refractivity contribution in [3.05, 3.63) is 35.6 Å². The summed E-state index contributed by atoms with van der Waals surface area (Å²) < 4.78 is 5.56. The Balaban J connectivity index is 2.59. The molecule has 0 aliphatic carbocycles. The van der Waals surface area contributed by atoms with Crippen LogP contribution in [0.3, 0.4) is 0 Å². The Labute approximate surface area is 82.5 Å². The number of carbonyl (C=O) groups is 1. The van der Waals surface area contributed by atoms with Crippen molar-refractivity contribution in [3.8, 4) is 0 Å². The second-order valence-corrected chi connectivity index (χ2v) is 3.38. The summed E-state index contributed by atoms with van der Waals surface area (Å²) in [6.45, 7) is 3.61. The Morgan fingerprint density at radius 2 is 2.14 bits per heavy atom. The monoisotopic (exact) mass is 188 g/mol. The van der Waals surface area contributed by atoms with E-state index in [2.05, 4.69) is 0 Å². The molecule has 2 aromatic rings. The molecular formula is C12H12O2. The minimum absolute atomic E-state index is 0.0707. The molecule has 0 bridgehead atoms. The quantitative estimate of drug-likeness (QED) is 0.677. The highest BCUT2D eigenvalue weighted by molar-refractivity contribution is 5.97. The van der Waals surface area contributed by atoms with Crippen molar-refractivity contribution >= 4 is 16.8 Å². The van der Waals surface area contributed by atoms with E-state index in [1.807, 2.05) is 25.1 Å². The van der Waals surface area contributed by atoms with Gasteiger partial charge < -0.3 is 4.42 Å². The molecule has 1 heterocycles. The Kier molecular flexibility index (Phi) is 2.12. The lowest BCUT2D eigenvalue weighted by Gasteiger charge is -1.93. The highest BCUT2D eigenvalue weighted by Crippen LogP contribution is 2.21. The number of carbonyl (C=O) groups excluding carboxylic acids is 1.